The molecule has 0 aromatic heterocycles. The summed E-state index contributed by atoms with van der Waals surface area (Å²) in [5.74, 6) is 0. The zero-order valence-corrected chi connectivity index (χ0v) is 10.3. The molecular weight excluding hydrogens is 272 g/mol. The van der Waals surface area contributed by atoms with E-state index in [9.17, 15) is 4.79 Å². The van der Waals surface area contributed by atoms with Crippen LogP contribution in [0.5, 0.6) is 0 Å². The molecule has 1 fully saturated rings. The van der Waals surface area contributed by atoms with Crippen molar-refractivity contribution in [1.29, 1.82) is 0 Å². The molecule has 1 aliphatic heterocycles. The van der Waals surface area contributed by atoms with E-state index < -0.39 is 0 Å². The lowest BCUT2D eigenvalue weighted by molar-refractivity contribution is 0.156. The Morgan fingerprint density at radius 2 is 2.38 bits per heavy atom. The third-order valence-corrected chi connectivity index (χ3v) is 3.08. The first-order chi connectivity index (χ1) is 7.70. The molecule has 1 saturated heterocycles. The molecule has 2 N–H and O–H groups in total. The molecule has 4 nitrogen and oxygen atoms in total. The number of carbonyl (C=O) groups is 1. The third-order valence-electron chi connectivity index (χ3n) is 2.59. The van der Waals surface area contributed by atoms with Crippen LogP contribution < -0.4 is 5.73 Å². The van der Waals surface area contributed by atoms with Crippen molar-refractivity contribution in [2.75, 3.05) is 13.2 Å². The van der Waals surface area contributed by atoms with Gasteiger partial charge in [0.05, 0.1) is 6.04 Å². The van der Waals surface area contributed by atoms with Gasteiger partial charge in [-0.05, 0) is 17.7 Å². The molecule has 1 aromatic carbocycles. The van der Waals surface area contributed by atoms with E-state index in [1.165, 1.54) is 0 Å². The van der Waals surface area contributed by atoms with Crippen LogP contribution in [0.3, 0.4) is 0 Å². The summed E-state index contributed by atoms with van der Waals surface area (Å²) in [7, 11) is 0. The van der Waals surface area contributed by atoms with Crippen LogP contribution in [-0.4, -0.2) is 30.2 Å². The number of rotatable bonds is 3. The van der Waals surface area contributed by atoms with Gasteiger partial charge in [0.15, 0.2) is 0 Å². The number of halogens is 1. The van der Waals surface area contributed by atoms with Gasteiger partial charge < -0.3 is 10.5 Å². The Labute approximate surface area is 102 Å². The molecule has 0 saturated carbocycles. The van der Waals surface area contributed by atoms with Crippen LogP contribution in [0.1, 0.15) is 5.56 Å². The van der Waals surface area contributed by atoms with Crippen molar-refractivity contribution in [2.24, 2.45) is 5.73 Å². The predicted molar refractivity (Wildman–Crippen MR) is 63.9 cm³/mol. The van der Waals surface area contributed by atoms with Crippen molar-refractivity contribution < 1.29 is 9.53 Å². The van der Waals surface area contributed by atoms with Gasteiger partial charge in [-0.15, -0.1) is 0 Å². The summed E-state index contributed by atoms with van der Waals surface area (Å²) >= 11 is 3.40. The molecule has 1 aromatic rings. The predicted octanol–water partition coefficient (Wildman–Crippen LogP) is 1.73. The van der Waals surface area contributed by atoms with Gasteiger partial charge in [-0.25, -0.2) is 4.79 Å². The first-order valence-corrected chi connectivity index (χ1v) is 5.88. The zero-order chi connectivity index (χ0) is 11.5. The van der Waals surface area contributed by atoms with Gasteiger partial charge in [-0.2, -0.15) is 0 Å². The maximum Gasteiger partial charge on any atom is 0.410 e. The lowest BCUT2D eigenvalue weighted by Gasteiger charge is -2.19. The Hall–Kier alpha value is -1.07. The third kappa shape index (κ3) is 2.36. The zero-order valence-electron chi connectivity index (χ0n) is 8.73. The van der Waals surface area contributed by atoms with E-state index in [1.54, 1.807) is 4.90 Å². The van der Waals surface area contributed by atoms with Crippen LogP contribution in [0.25, 0.3) is 0 Å². The molecule has 5 heteroatoms. The second-order valence-corrected chi connectivity index (χ2v) is 4.64. The molecule has 1 atom stereocenters. The lowest BCUT2D eigenvalue weighted by atomic mass is 10.2. The molecule has 0 aliphatic carbocycles. The summed E-state index contributed by atoms with van der Waals surface area (Å²) < 4.78 is 5.97. The Bertz CT molecular complexity index is 397. The van der Waals surface area contributed by atoms with Crippen molar-refractivity contribution in [3.63, 3.8) is 0 Å². The van der Waals surface area contributed by atoms with Crippen molar-refractivity contribution in [2.45, 2.75) is 12.6 Å². The second kappa shape index (κ2) is 4.84. The number of benzene rings is 1. The smallest absolute Gasteiger partial charge is 0.410 e. The Balaban J connectivity index is 2.11. The fraction of sp³-hybridized carbons (Fsp3) is 0.364. The summed E-state index contributed by atoms with van der Waals surface area (Å²) in [6.45, 7) is 1.36. The van der Waals surface area contributed by atoms with Crippen LogP contribution in [0.4, 0.5) is 4.79 Å². The largest absolute Gasteiger partial charge is 0.447 e. The average Bonchev–Trinajstić information content (AvgIpc) is 2.60. The van der Waals surface area contributed by atoms with E-state index in [4.69, 9.17) is 10.5 Å². The van der Waals surface area contributed by atoms with Gasteiger partial charge in [0.1, 0.15) is 6.61 Å². The van der Waals surface area contributed by atoms with Crippen molar-refractivity contribution >= 4 is 22.0 Å². The van der Waals surface area contributed by atoms with Crippen molar-refractivity contribution in [3.8, 4) is 0 Å². The highest BCUT2D eigenvalue weighted by atomic mass is 79.9. The van der Waals surface area contributed by atoms with Crippen LogP contribution in [-0.2, 0) is 11.3 Å². The Morgan fingerprint density at radius 3 is 3.06 bits per heavy atom. The molecule has 0 spiro atoms. The first-order valence-electron chi connectivity index (χ1n) is 5.08. The topological polar surface area (TPSA) is 55.6 Å². The van der Waals surface area contributed by atoms with E-state index >= 15 is 0 Å². The highest BCUT2D eigenvalue weighted by Gasteiger charge is 2.31. The number of hydrogen-bond acceptors (Lipinski definition) is 3. The molecule has 2 rings (SSSR count). The molecular formula is C11H13BrN2O2. The fourth-order valence-corrected chi connectivity index (χ4v) is 2.16. The molecule has 0 bridgehead atoms. The van der Waals surface area contributed by atoms with Gasteiger partial charge in [0, 0.05) is 17.6 Å². The van der Waals surface area contributed by atoms with Gasteiger partial charge >= 0.3 is 6.09 Å². The molecule has 1 heterocycles. The fourth-order valence-electron chi connectivity index (χ4n) is 1.71. The second-order valence-electron chi connectivity index (χ2n) is 3.72. The minimum atomic E-state index is -0.282. The van der Waals surface area contributed by atoms with Crippen LogP contribution >= 0.6 is 15.9 Å². The first kappa shape index (κ1) is 11.4. The Kier molecular flexibility index (Phi) is 3.46. The number of amides is 1. The van der Waals surface area contributed by atoms with Crippen LogP contribution in [0.15, 0.2) is 28.7 Å². The quantitative estimate of drug-likeness (QED) is 0.920. The van der Waals surface area contributed by atoms with E-state index in [2.05, 4.69) is 15.9 Å². The van der Waals surface area contributed by atoms with Gasteiger partial charge in [-0.3, -0.25) is 4.90 Å². The monoisotopic (exact) mass is 284 g/mol. The summed E-state index contributed by atoms with van der Waals surface area (Å²) in [4.78, 5) is 13.1. The van der Waals surface area contributed by atoms with E-state index in [0.717, 1.165) is 10.0 Å². The summed E-state index contributed by atoms with van der Waals surface area (Å²) in [6, 6.07) is 7.85. The van der Waals surface area contributed by atoms with E-state index in [0.29, 0.717) is 19.7 Å². The van der Waals surface area contributed by atoms with Gasteiger partial charge in [0.2, 0.25) is 0 Å². The summed E-state index contributed by atoms with van der Waals surface area (Å²) in [6.07, 6.45) is -0.282. The van der Waals surface area contributed by atoms with Crippen LogP contribution in [0, 0.1) is 0 Å². The maximum atomic E-state index is 11.5. The van der Waals surface area contributed by atoms with Crippen LogP contribution in [0.2, 0.25) is 0 Å². The lowest BCUT2D eigenvalue weighted by Crippen LogP contribution is -2.38. The van der Waals surface area contributed by atoms with E-state index in [-0.39, 0.29) is 12.1 Å². The number of cyclic esters (lactones) is 1. The molecule has 86 valence electrons. The van der Waals surface area contributed by atoms with Crippen molar-refractivity contribution in [1.82, 2.24) is 4.90 Å². The maximum absolute atomic E-state index is 11.5. The molecule has 0 radical (unpaired) electrons. The summed E-state index contributed by atoms with van der Waals surface area (Å²) in [5.41, 5.74) is 6.65. The highest BCUT2D eigenvalue weighted by Crippen LogP contribution is 2.18. The highest BCUT2D eigenvalue weighted by molar-refractivity contribution is 9.10. The molecule has 1 aliphatic rings. The SMILES string of the molecule is NCC1COC(=O)N1Cc1cccc(Br)c1. The molecule has 1 unspecified atom stereocenters. The van der Waals surface area contributed by atoms with E-state index in [1.807, 2.05) is 24.3 Å². The number of ether oxygens (including phenoxy) is 1. The summed E-state index contributed by atoms with van der Waals surface area (Å²) in [5, 5.41) is 0. The van der Waals surface area contributed by atoms with Crippen molar-refractivity contribution in [3.05, 3.63) is 34.3 Å². The number of carbonyl (C=O) groups excluding carboxylic acids is 1. The van der Waals surface area contributed by atoms with Gasteiger partial charge in [-0.1, -0.05) is 28.1 Å². The molecule has 16 heavy (non-hydrogen) atoms. The molecule has 1 amide bonds. The minimum absolute atomic E-state index is 0.00789. The van der Waals surface area contributed by atoms with Gasteiger partial charge in [0.25, 0.3) is 0 Å². The number of hydrogen-bond donors (Lipinski definition) is 1. The average molecular weight is 285 g/mol. The number of nitrogens with zero attached hydrogens (tertiary/aromatic N) is 1. The minimum Gasteiger partial charge on any atom is -0.447 e. The standard InChI is InChI=1S/C11H13BrN2O2/c12-9-3-1-2-8(4-9)6-14-10(5-13)7-16-11(14)15/h1-4,10H,5-7,13H2. The normalized spacial score (nSPS) is 20.0. The number of nitrogens with two attached hydrogens (primary N) is 1. The Morgan fingerprint density at radius 1 is 1.56 bits per heavy atom.